The van der Waals surface area contributed by atoms with E-state index in [2.05, 4.69) is 5.10 Å². The lowest BCUT2D eigenvalue weighted by Crippen LogP contribution is -2.08. The molecule has 3 rings (SSSR count). The summed E-state index contributed by atoms with van der Waals surface area (Å²) >= 11 is 5.78. The molecule has 0 amide bonds. The van der Waals surface area contributed by atoms with Crippen LogP contribution in [0.2, 0.25) is 5.02 Å². The minimum Gasteiger partial charge on any atom is -0.489 e. The molecule has 0 unspecified atom stereocenters. The van der Waals surface area contributed by atoms with Crippen LogP contribution in [-0.2, 0) is 0 Å². The van der Waals surface area contributed by atoms with Gasteiger partial charge < -0.3 is 4.74 Å². The molecule has 25 heavy (non-hydrogen) atoms. The normalized spacial score (nSPS) is 13.8. The van der Waals surface area contributed by atoms with Crippen molar-refractivity contribution in [3.05, 3.63) is 38.8 Å². The van der Waals surface area contributed by atoms with Crippen molar-refractivity contribution in [3.63, 3.8) is 0 Å². The van der Waals surface area contributed by atoms with Crippen LogP contribution >= 0.6 is 11.6 Å². The standard InChI is InChI=1S/C14H8ClF3N4O3/c15-8-3-10(25-6-1-2-6)7(4-19)11(12(8)16)13-9(22(23)24)5-20-21(13)14(17)18/h3,5-6,14H,1-2H2. The lowest BCUT2D eigenvalue weighted by molar-refractivity contribution is -0.384. The molecule has 1 heterocycles. The van der Waals surface area contributed by atoms with E-state index in [1.807, 2.05) is 0 Å². The molecule has 0 N–H and O–H groups in total. The Labute approximate surface area is 143 Å². The van der Waals surface area contributed by atoms with Crippen molar-refractivity contribution in [2.75, 3.05) is 0 Å². The fourth-order valence-electron chi connectivity index (χ4n) is 2.27. The van der Waals surface area contributed by atoms with E-state index in [0.29, 0.717) is 19.0 Å². The Hall–Kier alpha value is -2.80. The minimum atomic E-state index is -3.29. The van der Waals surface area contributed by atoms with Crippen LogP contribution in [0.1, 0.15) is 25.0 Å². The predicted octanol–water partition coefficient (Wildman–Crippen LogP) is 4.06. The van der Waals surface area contributed by atoms with E-state index in [0.717, 1.165) is 6.07 Å². The molecule has 130 valence electrons. The van der Waals surface area contributed by atoms with E-state index in [-0.39, 0.29) is 16.5 Å². The largest absolute Gasteiger partial charge is 0.489 e. The molecular formula is C14H8ClF3N4O3. The lowest BCUT2D eigenvalue weighted by Gasteiger charge is -2.14. The highest BCUT2D eigenvalue weighted by atomic mass is 35.5. The first-order valence-electron chi connectivity index (χ1n) is 6.94. The van der Waals surface area contributed by atoms with Gasteiger partial charge >= 0.3 is 12.2 Å². The molecule has 1 aromatic carbocycles. The molecule has 0 spiro atoms. The molecule has 0 radical (unpaired) electrons. The van der Waals surface area contributed by atoms with Crippen molar-refractivity contribution in [1.29, 1.82) is 5.26 Å². The second kappa shape index (κ2) is 6.25. The summed E-state index contributed by atoms with van der Waals surface area (Å²) in [6, 6.07) is 2.70. The molecule has 2 aromatic rings. The van der Waals surface area contributed by atoms with Gasteiger partial charge in [-0.3, -0.25) is 10.1 Å². The van der Waals surface area contributed by atoms with Gasteiger partial charge in [0.05, 0.1) is 21.6 Å². The average molecular weight is 373 g/mol. The van der Waals surface area contributed by atoms with Crippen LogP contribution in [0.15, 0.2) is 12.3 Å². The molecule has 11 heteroatoms. The van der Waals surface area contributed by atoms with Gasteiger partial charge in [-0.05, 0) is 12.8 Å². The van der Waals surface area contributed by atoms with Gasteiger partial charge in [0.2, 0.25) is 0 Å². The summed E-state index contributed by atoms with van der Waals surface area (Å²) in [7, 11) is 0. The Morgan fingerprint density at radius 2 is 2.20 bits per heavy atom. The summed E-state index contributed by atoms with van der Waals surface area (Å²) in [5.74, 6) is -1.37. The maximum absolute atomic E-state index is 14.6. The molecule has 0 aliphatic heterocycles. The van der Waals surface area contributed by atoms with E-state index in [4.69, 9.17) is 16.3 Å². The van der Waals surface area contributed by atoms with Crippen molar-refractivity contribution in [2.45, 2.75) is 25.5 Å². The Bertz CT molecular complexity index is 906. The van der Waals surface area contributed by atoms with E-state index in [1.54, 1.807) is 6.07 Å². The third kappa shape index (κ3) is 2.98. The van der Waals surface area contributed by atoms with E-state index in [1.165, 1.54) is 0 Å². The summed E-state index contributed by atoms with van der Waals surface area (Å²) < 4.78 is 46.4. The van der Waals surface area contributed by atoms with Gasteiger partial charge in [0, 0.05) is 6.07 Å². The Kier molecular flexibility index (Phi) is 4.26. The first kappa shape index (κ1) is 17.0. The molecule has 1 aromatic heterocycles. The number of benzene rings is 1. The number of hydrogen-bond donors (Lipinski definition) is 0. The number of nitrogens with zero attached hydrogens (tertiary/aromatic N) is 4. The van der Waals surface area contributed by atoms with Gasteiger partial charge in [-0.15, -0.1) is 0 Å². The number of aromatic nitrogens is 2. The van der Waals surface area contributed by atoms with Crippen LogP contribution < -0.4 is 4.74 Å². The number of ether oxygens (including phenoxy) is 1. The number of alkyl halides is 2. The first-order valence-corrected chi connectivity index (χ1v) is 7.32. The lowest BCUT2D eigenvalue weighted by atomic mass is 10.0. The van der Waals surface area contributed by atoms with Crippen molar-refractivity contribution < 1.29 is 22.8 Å². The quantitative estimate of drug-likeness (QED) is 0.582. The molecule has 1 aliphatic carbocycles. The number of hydrogen-bond acceptors (Lipinski definition) is 5. The third-order valence-corrected chi connectivity index (χ3v) is 3.78. The zero-order valence-electron chi connectivity index (χ0n) is 12.2. The van der Waals surface area contributed by atoms with E-state index >= 15 is 0 Å². The number of halogens is 4. The topological polar surface area (TPSA) is 94.0 Å². The van der Waals surface area contributed by atoms with Crippen molar-refractivity contribution in [1.82, 2.24) is 9.78 Å². The van der Waals surface area contributed by atoms with Crippen molar-refractivity contribution >= 4 is 17.3 Å². The van der Waals surface area contributed by atoms with Gasteiger partial charge in [-0.2, -0.15) is 23.8 Å². The van der Waals surface area contributed by atoms with E-state index < -0.39 is 44.8 Å². The van der Waals surface area contributed by atoms with Crippen molar-refractivity contribution in [3.8, 4) is 23.1 Å². The highest BCUT2D eigenvalue weighted by Crippen LogP contribution is 2.43. The highest BCUT2D eigenvalue weighted by molar-refractivity contribution is 6.31. The fraction of sp³-hybridized carbons (Fsp3) is 0.286. The first-order chi connectivity index (χ1) is 11.8. The molecular weight excluding hydrogens is 365 g/mol. The molecule has 7 nitrogen and oxygen atoms in total. The SMILES string of the molecule is N#Cc1c(OC2CC2)cc(Cl)c(F)c1-c1c([N+](=O)[O-])cnn1C(F)F. The molecule has 1 aliphatic rings. The zero-order chi connectivity index (χ0) is 18.3. The number of rotatable bonds is 5. The van der Waals surface area contributed by atoms with Gasteiger partial charge in [0.15, 0.2) is 11.5 Å². The fourth-order valence-corrected chi connectivity index (χ4v) is 2.47. The molecule has 0 atom stereocenters. The van der Waals surface area contributed by atoms with E-state index in [9.17, 15) is 28.5 Å². The monoisotopic (exact) mass is 372 g/mol. The third-order valence-electron chi connectivity index (χ3n) is 3.51. The van der Waals surface area contributed by atoms with Crippen LogP contribution in [0.4, 0.5) is 18.9 Å². The predicted molar refractivity (Wildman–Crippen MR) is 78.9 cm³/mol. The summed E-state index contributed by atoms with van der Waals surface area (Å²) in [5, 5.41) is 23.2. The number of nitriles is 1. The summed E-state index contributed by atoms with van der Waals surface area (Å²) in [5.41, 5.74) is -2.93. The van der Waals surface area contributed by atoms with Crippen LogP contribution in [0.3, 0.4) is 0 Å². The number of nitro groups is 1. The Morgan fingerprint density at radius 1 is 1.52 bits per heavy atom. The zero-order valence-corrected chi connectivity index (χ0v) is 13.0. The van der Waals surface area contributed by atoms with Gasteiger partial charge in [-0.25, -0.2) is 4.39 Å². The van der Waals surface area contributed by atoms with Crippen LogP contribution in [-0.4, -0.2) is 20.8 Å². The van der Waals surface area contributed by atoms with Gasteiger partial charge in [0.1, 0.15) is 23.6 Å². The second-order valence-corrected chi connectivity index (χ2v) is 5.61. The Morgan fingerprint density at radius 3 is 2.72 bits per heavy atom. The molecule has 0 bridgehead atoms. The van der Waals surface area contributed by atoms with Gasteiger partial charge in [0.25, 0.3) is 0 Å². The smallest absolute Gasteiger partial charge is 0.334 e. The highest BCUT2D eigenvalue weighted by Gasteiger charge is 2.34. The maximum Gasteiger partial charge on any atom is 0.334 e. The Balaban J connectivity index is 2.33. The van der Waals surface area contributed by atoms with Crippen LogP contribution in [0.5, 0.6) is 5.75 Å². The van der Waals surface area contributed by atoms with Crippen molar-refractivity contribution in [2.24, 2.45) is 0 Å². The maximum atomic E-state index is 14.6. The summed E-state index contributed by atoms with van der Waals surface area (Å²) in [6.07, 6.45) is 1.79. The minimum absolute atomic E-state index is 0.0331. The summed E-state index contributed by atoms with van der Waals surface area (Å²) in [4.78, 5) is 10.1. The average Bonchev–Trinajstić information content (AvgIpc) is 3.24. The molecule has 1 fully saturated rings. The summed E-state index contributed by atoms with van der Waals surface area (Å²) in [6.45, 7) is -3.29. The molecule has 1 saturated carbocycles. The van der Waals surface area contributed by atoms with Crippen LogP contribution in [0, 0.1) is 27.3 Å². The van der Waals surface area contributed by atoms with Crippen LogP contribution in [0.25, 0.3) is 11.3 Å². The molecule has 0 saturated heterocycles. The second-order valence-electron chi connectivity index (χ2n) is 5.21. The van der Waals surface area contributed by atoms with Gasteiger partial charge in [-0.1, -0.05) is 11.6 Å².